The van der Waals surface area contributed by atoms with Crippen LogP contribution in [0.15, 0.2) is 53.5 Å². The zero-order chi connectivity index (χ0) is 20.9. The van der Waals surface area contributed by atoms with Crippen LogP contribution in [0.2, 0.25) is 0 Å². The van der Waals surface area contributed by atoms with Crippen molar-refractivity contribution in [2.45, 2.75) is 25.7 Å². The van der Waals surface area contributed by atoms with E-state index in [9.17, 15) is 4.79 Å². The Bertz CT molecular complexity index is 1050. The highest BCUT2D eigenvalue weighted by Crippen LogP contribution is 2.40. The number of nitrogens with zero attached hydrogens (tertiary/aromatic N) is 1. The lowest BCUT2D eigenvalue weighted by atomic mass is 9.95. The molecule has 0 saturated heterocycles. The van der Waals surface area contributed by atoms with Crippen LogP contribution in [-0.4, -0.2) is 26.3 Å². The van der Waals surface area contributed by atoms with Crippen molar-refractivity contribution in [3.05, 3.63) is 70.1 Å². The molecule has 0 bridgehead atoms. The van der Waals surface area contributed by atoms with Crippen LogP contribution in [0, 0.1) is 0 Å². The predicted octanol–water partition coefficient (Wildman–Crippen LogP) is 5.65. The third kappa shape index (κ3) is 4.39. The van der Waals surface area contributed by atoms with Crippen LogP contribution in [-0.2, 0) is 12.8 Å². The van der Waals surface area contributed by atoms with Gasteiger partial charge in [-0.1, -0.05) is 0 Å². The summed E-state index contributed by atoms with van der Waals surface area (Å²) in [5.74, 6) is 1.45. The van der Waals surface area contributed by atoms with Gasteiger partial charge in [-0.05, 0) is 85.3 Å². The Hall–Kier alpha value is -3.12. The van der Waals surface area contributed by atoms with Gasteiger partial charge in [0.1, 0.15) is 16.5 Å². The van der Waals surface area contributed by atoms with E-state index in [2.05, 4.69) is 5.32 Å². The smallest absolute Gasteiger partial charge is 0.259 e. The molecule has 0 fully saturated rings. The maximum Gasteiger partial charge on any atom is 0.259 e. The molecule has 1 N–H and O–H groups in total. The Labute approximate surface area is 180 Å². The second kappa shape index (κ2) is 9.13. The summed E-state index contributed by atoms with van der Waals surface area (Å²) >= 11 is 1.63. The van der Waals surface area contributed by atoms with E-state index in [0.29, 0.717) is 5.56 Å². The lowest BCUT2D eigenvalue weighted by Crippen LogP contribution is -2.14. The molecule has 1 aliphatic carbocycles. The number of hydrogen-bond donors (Lipinski definition) is 1. The van der Waals surface area contributed by atoms with Crippen LogP contribution in [0.3, 0.4) is 0 Å². The van der Waals surface area contributed by atoms with Crippen molar-refractivity contribution in [1.82, 2.24) is 0 Å². The summed E-state index contributed by atoms with van der Waals surface area (Å²) in [5, 5.41) is 3.79. The average molecular weight is 421 g/mol. The van der Waals surface area contributed by atoms with Gasteiger partial charge in [0.05, 0.1) is 19.8 Å². The fourth-order valence-electron chi connectivity index (χ4n) is 3.57. The highest BCUT2D eigenvalue weighted by atomic mass is 32.1. The van der Waals surface area contributed by atoms with E-state index in [-0.39, 0.29) is 5.91 Å². The molecule has 2 aromatic carbocycles. The standard InChI is InChI=1S/C24H24N2O3S/c1-28-18-11-7-16(8-12-18)15-25-24-22(20-5-3-4-6-21(20)30-24)23(27)26-17-9-13-19(29-2)14-10-17/h7-15H,3-6H2,1-2H3,(H,26,27). The first-order valence-electron chi connectivity index (χ1n) is 9.96. The van der Waals surface area contributed by atoms with Crippen LogP contribution in [0.25, 0.3) is 0 Å². The second-order valence-corrected chi connectivity index (χ2v) is 8.19. The molecule has 6 heteroatoms. The van der Waals surface area contributed by atoms with Gasteiger partial charge < -0.3 is 14.8 Å². The van der Waals surface area contributed by atoms with Crippen molar-refractivity contribution in [3.8, 4) is 11.5 Å². The molecule has 0 aliphatic heterocycles. The second-order valence-electron chi connectivity index (χ2n) is 7.11. The maximum atomic E-state index is 13.2. The SMILES string of the molecule is COc1ccc(C=Nc2sc3c(c2C(=O)Nc2ccc(OC)cc2)CCCC3)cc1. The molecule has 1 aliphatic rings. The number of anilines is 1. The number of nitrogens with one attached hydrogen (secondary N) is 1. The fraction of sp³-hybridized carbons (Fsp3) is 0.250. The Morgan fingerprint density at radius 2 is 1.60 bits per heavy atom. The first kappa shape index (κ1) is 20.2. The molecule has 3 aromatic rings. The summed E-state index contributed by atoms with van der Waals surface area (Å²) in [6.45, 7) is 0. The van der Waals surface area contributed by atoms with Crippen molar-refractivity contribution in [2.24, 2.45) is 4.99 Å². The molecule has 0 spiro atoms. The van der Waals surface area contributed by atoms with Crippen LogP contribution >= 0.6 is 11.3 Å². The van der Waals surface area contributed by atoms with E-state index < -0.39 is 0 Å². The van der Waals surface area contributed by atoms with Crippen LogP contribution in [0.4, 0.5) is 10.7 Å². The number of benzene rings is 2. The lowest BCUT2D eigenvalue weighted by Gasteiger charge is -2.13. The summed E-state index contributed by atoms with van der Waals surface area (Å²) in [6, 6.07) is 15.1. The topological polar surface area (TPSA) is 59.9 Å². The van der Waals surface area contributed by atoms with Gasteiger partial charge in [0.2, 0.25) is 0 Å². The van der Waals surface area contributed by atoms with E-state index >= 15 is 0 Å². The fourth-order valence-corrected chi connectivity index (χ4v) is 4.80. The first-order chi connectivity index (χ1) is 14.7. The van der Waals surface area contributed by atoms with Gasteiger partial charge in [-0.25, -0.2) is 4.99 Å². The lowest BCUT2D eigenvalue weighted by molar-refractivity contribution is 0.102. The summed E-state index contributed by atoms with van der Waals surface area (Å²) in [6.07, 6.45) is 6.01. The molecule has 1 aromatic heterocycles. The number of hydrogen-bond acceptors (Lipinski definition) is 5. The Kier molecular flexibility index (Phi) is 6.14. The number of rotatable bonds is 6. The molecule has 4 rings (SSSR count). The van der Waals surface area contributed by atoms with Crippen molar-refractivity contribution in [3.63, 3.8) is 0 Å². The minimum absolute atomic E-state index is 0.110. The van der Waals surface area contributed by atoms with Crippen LogP contribution in [0.1, 0.15) is 39.2 Å². The number of carbonyl (C=O) groups is 1. The minimum atomic E-state index is -0.110. The minimum Gasteiger partial charge on any atom is -0.497 e. The van der Waals surface area contributed by atoms with Gasteiger partial charge in [0.25, 0.3) is 5.91 Å². The van der Waals surface area contributed by atoms with E-state index in [1.165, 1.54) is 4.88 Å². The summed E-state index contributed by atoms with van der Waals surface area (Å²) in [5.41, 5.74) is 3.56. The average Bonchev–Trinajstić information content (AvgIpc) is 3.17. The Morgan fingerprint density at radius 3 is 2.27 bits per heavy atom. The number of amides is 1. The molecule has 30 heavy (non-hydrogen) atoms. The molecule has 0 saturated carbocycles. The largest absolute Gasteiger partial charge is 0.497 e. The molecule has 0 unspecified atom stereocenters. The van der Waals surface area contributed by atoms with E-state index in [0.717, 1.165) is 59.0 Å². The van der Waals surface area contributed by atoms with E-state index in [1.54, 1.807) is 31.8 Å². The van der Waals surface area contributed by atoms with Gasteiger partial charge in [0.15, 0.2) is 0 Å². The van der Waals surface area contributed by atoms with Gasteiger partial charge in [-0.2, -0.15) is 0 Å². The molecule has 1 amide bonds. The van der Waals surface area contributed by atoms with Crippen LogP contribution in [0.5, 0.6) is 11.5 Å². The number of aliphatic imine (C=N–C) groups is 1. The van der Waals surface area contributed by atoms with E-state index in [4.69, 9.17) is 14.5 Å². The monoisotopic (exact) mass is 420 g/mol. The number of fused-ring (bicyclic) bond motifs is 1. The normalized spacial score (nSPS) is 13.1. The van der Waals surface area contributed by atoms with Gasteiger partial charge in [-0.15, -0.1) is 11.3 Å². The quantitative estimate of drug-likeness (QED) is 0.525. The zero-order valence-corrected chi connectivity index (χ0v) is 17.9. The Balaban J connectivity index is 1.62. The molecule has 0 radical (unpaired) electrons. The zero-order valence-electron chi connectivity index (χ0n) is 17.1. The van der Waals surface area contributed by atoms with Gasteiger partial charge in [-0.3, -0.25) is 4.79 Å². The molecule has 5 nitrogen and oxygen atoms in total. The summed E-state index contributed by atoms with van der Waals surface area (Å²) in [7, 11) is 3.27. The first-order valence-corrected chi connectivity index (χ1v) is 10.8. The van der Waals surface area contributed by atoms with Crippen LogP contribution < -0.4 is 14.8 Å². The number of ether oxygens (including phenoxy) is 2. The molecule has 0 atom stereocenters. The highest BCUT2D eigenvalue weighted by molar-refractivity contribution is 7.16. The molecular weight excluding hydrogens is 396 g/mol. The summed E-state index contributed by atoms with van der Waals surface area (Å²) in [4.78, 5) is 19.2. The Morgan fingerprint density at radius 1 is 0.967 bits per heavy atom. The number of aryl methyl sites for hydroxylation is 1. The van der Waals surface area contributed by atoms with Crippen molar-refractivity contribution in [1.29, 1.82) is 0 Å². The van der Waals surface area contributed by atoms with Crippen molar-refractivity contribution >= 4 is 34.1 Å². The van der Waals surface area contributed by atoms with Gasteiger partial charge >= 0.3 is 0 Å². The van der Waals surface area contributed by atoms with Crippen molar-refractivity contribution < 1.29 is 14.3 Å². The third-order valence-electron chi connectivity index (χ3n) is 5.17. The summed E-state index contributed by atoms with van der Waals surface area (Å²) < 4.78 is 10.4. The van der Waals surface area contributed by atoms with Crippen molar-refractivity contribution in [2.75, 3.05) is 19.5 Å². The number of carbonyl (C=O) groups excluding carboxylic acids is 1. The number of thiophene rings is 1. The molecule has 154 valence electrons. The maximum absolute atomic E-state index is 13.2. The molecular formula is C24H24N2O3S. The van der Waals surface area contributed by atoms with E-state index in [1.807, 2.05) is 48.5 Å². The number of methoxy groups -OCH3 is 2. The highest BCUT2D eigenvalue weighted by Gasteiger charge is 2.25. The third-order valence-corrected chi connectivity index (χ3v) is 6.37. The van der Waals surface area contributed by atoms with Gasteiger partial charge in [0, 0.05) is 16.8 Å². The molecule has 1 heterocycles. The predicted molar refractivity (Wildman–Crippen MR) is 122 cm³/mol.